The summed E-state index contributed by atoms with van der Waals surface area (Å²) in [5, 5.41) is 4.23. The number of nitrogen functional groups attached to an aromatic ring is 1. The molecule has 0 saturated heterocycles. The molecule has 0 spiro atoms. The highest BCUT2D eigenvalue weighted by molar-refractivity contribution is 8.16. The van der Waals surface area contributed by atoms with Crippen molar-refractivity contribution < 1.29 is 27.4 Å². The highest BCUT2D eigenvalue weighted by Crippen LogP contribution is 2.31. The van der Waals surface area contributed by atoms with E-state index in [0.717, 1.165) is 16.0 Å². The Morgan fingerprint density at radius 3 is 2.58 bits per heavy atom. The van der Waals surface area contributed by atoms with E-state index in [9.17, 15) is 9.59 Å². The molecular weight excluding hydrogens is 456 g/mol. The van der Waals surface area contributed by atoms with Crippen LogP contribution in [-0.2, 0) is 19.2 Å². The van der Waals surface area contributed by atoms with Crippen molar-refractivity contribution in [3.8, 4) is 0 Å². The first-order chi connectivity index (χ1) is 16.9. The number of fused-ring (bicyclic) bond motifs is 1. The van der Waals surface area contributed by atoms with Crippen molar-refractivity contribution in [2.45, 2.75) is 50.0 Å². The van der Waals surface area contributed by atoms with E-state index in [2.05, 4.69) is 15.1 Å². The SMILES string of the molecule is [2H]C([2H])([2H])C(O/N=C(\C(=O)Sc1nc2ccccc2s1)c1csc(N)n1)(C(=O)OC(C)(C)C)C([2H])([2H])[2H]. The van der Waals surface area contributed by atoms with Gasteiger partial charge < -0.3 is 15.3 Å². The third kappa shape index (κ3) is 6.02. The average Bonchev–Trinajstić information content (AvgIpc) is 3.33. The molecule has 0 atom stereocenters. The van der Waals surface area contributed by atoms with E-state index in [1.54, 1.807) is 12.1 Å². The van der Waals surface area contributed by atoms with Gasteiger partial charge in [-0.3, -0.25) is 4.79 Å². The number of oxime groups is 1. The molecule has 0 aliphatic heterocycles. The van der Waals surface area contributed by atoms with E-state index >= 15 is 0 Å². The van der Waals surface area contributed by atoms with Crippen molar-refractivity contribution in [3.63, 3.8) is 0 Å². The van der Waals surface area contributed by atoms with Crippen molar-refractivity contribution in [1.29, 1.82) is 0 Å². The van der Waals surface area contributed by atoms with Crippen LogP contribution in [0.1, 0.15) is 48.4 Å². The van der Waals surface area contributed by atoms with Crippen LogP contribution in [0.5, 0.6) is 0 Å². The minimum absolute atomic E-state index is 0.0607. The Hall–Kier alpha value is -2.50. The number of thiazole rings is 2. The zero-order valence-corrected chi connectivity index (χ0v) is 19.1. The number of ether oxygens (including phenoxy) is 1. The average molecular weight is 485 g/mol. The van der Waals surface area contributed by atoms with Gasteiger partial charge in [0.05, 0.1) is 10.2 Å². The fraction of sp³-hybridized carbons (Fsp3) is 0.350. The molecule has 31 heavy (non-hydrogen) atoms. The molecule has 1 aromatic carbocycles. The van der Waals surface area contributed by atoms with Gasteiger partial charge in [0.1, 0.15) is 11.3 Å². The lowest BCUT2D eigenvalue weighted by Gasteiger charge is -2.26. The van der Waals surface area contributed by atoms with E-state index in [0.29, 0.717) is 21.6 Å². The van der Waals surface area contributed by atoms with Gasteiger partial charge in [0.15, 0.2) is 15.2 Å². The lowest BCUT2D eigenvalue weighted by Crippen LogP contribution is -2.40. The van der Waals surface area contributed by atoms with Crippen molar-refractivity contribution >= 4 is 66.6 Å². The molecule has 2 heterocycles. The lowest BCUT2D eigenvalue weighted by atomic mass is 10.1. The smallest absolute Gasteiger partial charge is 0.353 e. The second-order valence-electron chi connectivity index (χ2n) is 7.12. The number of rotatable bonds is 6. The Bertz CT molecular complexity index is 1300. The number of nitrogens with two attached hydrogens (primary N) is 1. The quantitative estimate of drug-likeness (QED) is 0.235. The van der Waals surface area contributed by atoms with Crippen LogP contribution in [-0.4, -0.2) is 38.0 Å². The number of hydrogen-bond acceptors (Lipinski definition) is 11. The van der Waals surface area contributed by atoms with Gasteiger partial charge in [-0.15, -0.1) is 22.7 Å². The molecule has 0 aliphatic rings. The standard InChI is InChI=1S/C20H22N4O4S3/c1-19(2,3)27-16(26)20(4,5)28-24-14(12-10-29-17(21)22-12)15(25)31-18-23-11-8-6-7-9-13(11)30-18/h6-10H,1-5H3,(H2,21,22)/b24-14-/i4D3,5D3. The van der Waals surface area contributed by atoms with Gasteiger partial charge in [-0.05, 0) is 58.4 Å². The first-order valence-corrected chi connectivity index (χ1v) is 11.2. The van der Waals surface area contributed by atoms with Gasteiger partial charge in [-0.2, -0.15) is 0 Å². The van der Waals surface area contributed by atoms with Crippen molar-refractivity contribution in [2.75, 3.05) is 5.73 Å². The first-order valence-electron chi connectivity index (χ1n) is 11.7. The van der Waals surface area contributed by atoms with E-state index in [1.165, 1.54) is 37.5 Å². The van der Waals surface area contributed by atoms with Crippen LogP contribution in [0.3, 0.4) is 0 Å². The molecule has 3 rings (SSSR count). The monoisotopic (exact) mass is 484 g/mol. The highest BCUT2D eigenvalue weighted by atomic mass is 32.2. The van der Waals surface area contributed by atoms with Crippen molar-refractivity contribution in [2.24, 2.45) is 5.16 Å². The molecule has 8 nitrogen and oxygen atoms in total. The summed E-state index contributed by atoms with van der Waals surface area (Å²) in [4.78, 5) is 39.7. The zero-order chi connectivity index (χ0) is 27.8. The maximum Gasteiger partial charge on any atom is 0.353 e. The molecular formula is C20H22N4O4S3. The number of thioether (sulfide) groups is 1. The maximum atomic E-state index is 13.3. The Labute approximate surface area is 200 Å². The molecule has 2 aromatic heterocycles. The summed E-state index contributed by atoms with van der Waals surface area (Å²) in [6.07, 6.45) is 0. The number of benzene rings is 1. The van der Waals surface area contributed by atoms with E-state index < -0.39 is 41.7 Å². The molecule has 164 valence electrons. The largest absolute Gasteiger partial charge is 0.457 e. The Kier molecular flexibility index (Phi) is 4.66. The predicted molar refractivity (Wildman–Crippen MR) is 125 cm³/mol. The summed E-state index contributed by atoms with van der Waals surface area (Å²) >= 11 is 2.84. The van der Waals surface area contributed by atoms with Gasteiger partial charge in [0.25, 0.3) is 0 Å². The van der Waals surface area contributed by atoms with Crippen molar-refractivity contribution in [1.82, 2.24) is 9.97 Å². The Morgan fingerprint density at radius 1 is 1.23 bits per heavy atom. The first kappa shape index (κ1) is 16.2. The summed E-state index contributed by atoms with van der Waals surface area (Å²) in [5.41, 5.74) is 0.891. The molecule has 0 radical (unpaired) electrons. The molecule has 0 amide bonds. The number of esters is 1. The van der Waals surface area contributed by atoms with E-state index in [-0.39, 0.29) is 10.8 Å². The highest BCUT2D eigenvalue weighted by Gasteiger charge is 2.36. The summed E-state index contributed by atoms with van der Waals surface area (Å²) in [6, 6.07) is 7.19. The van der Waals surface area contributed by atoms with Crippen LogP contribution in [0, 0.1) is 0 Å². The predicted octanol–water partition coefficient (Wildman–Crippen LogP) is 4.49. The number of carbonyl (C=O) groups is 2. The molecule has 0 saturated carbocycles. The van der Waals surface area contributed by atoms with Gasteiger partial charge in [0, 0.05) is 13.6 Å². The number of aromatic nitrogens is 2. The van der Waals surface area contributed by atoms with Gasteiger partial charge in [-0.1, -0.05) is 17.3 Å². The fourth-order valence-corrected chi connectivity index (χ4v) is 4.56. The summed E-state index contributed by atoms with van der Waals surface area (Å²) in [7, 11) is 0. The fourth-order valence-electron chi connectivity index (χ4n) is 2.11. The van der Waals surface area contributed by atoms with Gasteiger partial charge in [0.2, 0.25) is 10.7 Å². The Morgan fingerprint density at radius 2 is 1.97 bits per heavy atom. The topological polar surface area (TPSA) is 117 Å². The van der Waals surface area contributed by atoms with Gasteiger partial charge >= 0.3 is 5.97 Å². The third-order valence-electron chi connectivity index (χ3n) is 3.37. The van der Waals surface area contributed by atoms with E-state index in [4.69, 9.17) is 23.5 Å². The second-order valence-corrected chi connectivity index (χ2v) is 10.3. The number of para-hydroxylation sites is 1. The molecule has 0 bridgehead atoms. The second kappa shape index (κ2) is 8.93. The maximum absolute atomic E-state index is 13.3. The molecule has 0 fully saturated rings. The van der Waals surface area contributed by atoms with E-state index in [1.807, 2.05) is 12.1 Å². The summed E-state index contributed by atoms with van der Waals surface area (Å²) < 4.78 is 53.5. The summed E-state index contributed by atoms with van der Waals surface area (Å²) in [5.74, 6) is -1.69. The van der Waals surface area contributed by atoms with Crippen LogP contribution in [0.2, 0.25) is 0 Å². The molecule has 3 aromatic rings. The molecule has 0 unspecified atom stereocenters. The number of anilines is 1. The van der Waals surface area contributed by atoms with Crippen LogP contribution in [0.25, 0.3) is 10.2 Å². The third-order valence-corrected chi connectivity index (χ3v) is 6.02. The zero-order valence-electron chi connectivity index (χ0n) is 22.7. The molecule has 0 aliphatic carbocycles. The van der Waals surface area contributed by atoms with Crippen LogP contribution in [0.4, 0.5) is 5.13 Å². The minimum Gasteiger partial charge on any atom is -0.457 e. The number of hydrogen-bond donors (Lipinski definition) is 1. The van der Waals surface area contributed by atoms with Crippen molar-refractivity contribution in [3.05, 3.63) is 35.3 Å². The van der Waals surface area contributed by atoms with Crippen LogP contribution >= 0.6 is 34.4 Å². The normalized spacial score (nSPS) is 16.4. The van der Waals surface area contributed by atoms with Crippen LogP contribution < -0.4 is 5.73 Å². The number of nitrogens with zero attached hydrogens (tertiary/aromatic N) is 3. The lowest BCUT2D eigenvalue weighted by molar-refractivity contribution is -0.179. The number of carbonyl (C=O) groups excluding carboxylic acids is 2. The Balaban J connectivity index is 2.08. The molecule has 11 heteroatoms. The summed E-state index contributed by atoms with van der Waals surface area (Å²) in [6.45, 7) is -2.85. The van der Waals surface area contributed by atoms with Gasteiger partial charge in [-0.25, -0.2) is 14.8 Å². The molecule has 2 N–H and O–H groups in total. The van der Waals surface area contributed by atoms with Crippen LogP contribution in [0.15, 0.2) is 39.1 Å². The minimum atomic E-state index is -3.57.